The first-order chi connectivity index (χ1) is 9.18. The molecule has 0 amide bonds. The van der Waals surface area contributed by atoms with E-state index in [1.54, 1.807) is 0 Å². The first-order valence-corrected chi connectivity index (χ1v) is 7.39. The van der Waals surface area contributed by atoms with Gasteiger partial charge in [0.05, 0.1) is 0 Å². The van der Waals surface area contributed by atoms with Crippen molar-refractivity contribution in [2.45, 2.75) is 18.9 Å². The van der Waals surface area contributed by atoms with Gasteiger partial charge >= 0.3 is 5.97 Å². The first kappa shape index (κ1) is 14.5. The second-order valence-electron chi connectivity index (χ2n) is 4.77. The van der Waals surface area contributed by atoms with Gasteiger partial charge in [0.15, 0.2) is 0 Å². The molecule has 0 saturated carbocycles. The van der Waals surface area contributed by atoms with Gasteiger partial charge in [0.25, 0.3) is 0 Å². The smallest absolute Gasteiger partial charge is 0.320 e. The Hall–Kier alpha value is -0.910. The number of halogens is 1. The molecule has 1 heterocycles. The molecule has 1 aliphatic rings. The minimum Gasteiger partial charge on any atom is -0.480 e. The zero-order valence-corrected chi connectivity index (χ0v) is 12.4. The summed E-state index contributed by atoms with van der Waals surface area (Å²) in [6.07, 6.45) is 1.43. The number of carboxylic acids is 1. The molecule has 1 aromatic rings. The van der Waals surface area contributed by atoms with Crippen LogP contribution in [0, 0.1) is 0 Å². The molecule has 1 atom stereocenters. The summed E-state index contributed by atoms with van der Waals surface area (Å²) in [6.45, 7) is 3.37. The van der Waals surface area contributed by atoms with Crippen LogP contribution in [0.3, 0.4) is 0 Å². The molecule has 1 fully saturated rings. The molecule has 1 aliphatic heterocycles. The van der Waals surface area contributed by atoms with Crippen LogP contribution in [-0.4, -0.2) is 48.2 Å². The summed E-state index contributed by atoms with van der Waals surface area (Å²) >= 11 is 3.51. The summed E-state index contributed by atoms with van der Waals surface area (Å²) in [6, 6.07) is 7.62. The van der Waals surface area contributed by atoms with Gasteiger partial charge in [-0.1, -0.05) is 34.1 Å². The van der Waals surface area contributed by atoms with E-state index in [4.69, 9.17) is 0 Å². The van der Waals surface area contributed by atoms with E-state index in [1.807, 2.05) is 24.3 Å². The van der Waals surface area contributed by atoms with Crippen molar-refractivity contribution < 1.29 is 9.90 Å². The van der Waals surface area contributed by atoms with Gasteiger partial charge < -0.3 is 10.4 Å². The number of carboxylic acid groups (broad SMARTS) is 1. The number of rotatable bonds is 5. The normalized spacial score (nSPS) is 18.2. The molecular formula is C14H19BrN2O2. The van der Waals surface area contributed by atoms with Crippen LogP contribution in [0.5, 0.6) is 0 Å². The monoisotopic (exact) mass is 326 g/mol. The summed E-state index contributed by atoms with van der Waals surface area (Å²) in [7, 11) is 0. The Labute approximate surface area is 121 Å². The summed E-state index contributed by atoms with van der Waals surface area (Å²) in [5.41, 5.74) is 1.17. The number of aliphatic carboxylic acids is 1. The maximum Gasteiger partial charge on any atom is 0.320 e. The zero-order valence-electron chi connectivity index (χ0n) is 10.8. The summed E-state index contributed by atoms with van der Waals surface area (Å²) < 4.78 is 1.06. The Bertz CT molecular complexity index is 433. The molecule has 0 bridgehead atoms. The largest absolute Gasteiger partial charge is 0.480 e. The lowest BCUT2D eigenvalue weighted by molar-refractivity contribution is -0.143. The predicted octanol–water partition coefficient (Wildman–Crippen LogP) is 1.74. The summed E-state index contributed by atoms with van der Waals surface area (Å²) in [5.74, 6) is -0.714. The van der Waals surface area contributed by atoms with Gasteiger partial charge in [-0.25, -0.2) is 0 Å². The van der Waals surface area contributed by atoms with E-state index in [0.29, 0.717) is 6.42 Å². The highest BCUT2D eigenvalue weighted by Crippen LogP contribution is 2.19. The number of aryl methyl sites for hydroxylation is 1. The third-order valence-electron chi connectivity index (χ3n) is 3.52. The van der Waals surface area contributed by atoms with E-state index in [1.165, 1.54) is 5.56 Å². The van der Waals surface area contributed by atoms with Gasteiger partial charge in [-0.2, -0.15) is 0 Å². The summed E-state index contributed by atoms with van der Waals surface area (Å²) in [4.78, 5) is 13.5. The molecule has 19 heavy (non-hydrogen) atoms. The quantitative estimate of drug-likeness (QED) is 0.865. The van der Waals surface area contributed by atoms with E-state index in [2.05, 4.69) is 26.1 Å². The van der Waals surface area contributed by atoms with E-state index in [-0.39, 0.29) is 6.04 Å². The van der Waals surface area contributed by atoms with Gasteiger partial charge in [-0.3, -0.25) is 9.69 Å². The highest BCUT2D eigenvalue weighted by Gasteiger charge is 2.26. The maximum absolute atomic E-state index is 11.4. The minimum absolute atomic E-state index is 0.380. The molecule has 2 rings (SSSR count). The average Bonchev–Trinajstić information content (AvgIpc) is 2.42. The highest BCUT2D eigenvalue weighted by atomic mass is 79.9. The number of carbonyl (C=O) groups is 1. The van der Waals surface area contributed by atoms with Crippen LogP contribution in [0.25, 0.3) is 0 Å². The Balaban J connectivity index is 1.97. The van der Waals surface area contributed by atoms with Gasteiger partial charge in [0, 0.05) is 30.7 Å². The molecule has 1 aromatic carbocycles. The SMILES string of the molecule is O=C(O)C(CCc1ccccc1Br)N1CCNCC1. The predicted molar refractivity (Wildman–Crippen MR) is 78.3 cm³/mol. The highest BCUT2D eigenvalue weighted by molar-refractivity contribution is 9.10. The summed E-state index contributed by atoms with van der Waals surface area (Å²) in [5, 5.41) is 12.6. The molecule has 2 N–H and O–H groups in total. The maximum atomic E-state index is 11.4. The van der Waals surface area contributed by atoms with Crippen LogP contribution >= 0.6 is 15.9 Å². The van der Waals surface area contributed by atoms with Crippen molar-refractivity contribution in [2.75, 3.05) is 26.2 Å². The van der Waals surface area contributed by atoms with Crippen LogP contribution in [0.2, 0.25) is 0 Å². The second-order valence-corrected chi connectivity index (χ2v) is 5.62. The van der Waals surface area contributed by atoms with Crippen LogP contribution < -0.4 is 5.32 Å². The fraction of sp³-hybridized carbons (Fsp3) is 0.500. The fourth-order valence-corrected chi connectivity index (χ4v) is 2.93. The molecule has 1 unspecified atom stereocenters. The van der Waals surface area contributed by atoms with E-state index in [0.717, 1.165) is 37.1 Å². The number of hydrogen-bond acceptors (Lipinski definition) is 3. The van der Waals surface area contributed by atoms with Crippen LogP contribution in [-0.2, 0) is 11.2 Å². The molecule has 0 radical (unpaired) electrons. The third-order valence-corrected chi connectivity index (χ3v) is 4.30. The van der Waals surface area contributed by atoms with Crippen LogP contribution in [0.1, 0.15) is 12.0 Å². The number of benzene rings is 1. The molecule has 4 nitrogen and oxygen atoms in total. The van der Waals surface area contributed by atoms with Crippen molar-refractivity contribution in [1.82, 2.24) is 10.2 Å². The van der Waals surface area contributed by atoms with E-state index >= 15 is 0 Å². The van der Waals surface area contributed by atoms with Crippen molar-refractivity contribution in [3.63, 3.8) is 0 Å². The Morgan fingerprint density at radius 3 is 2.68 bits per heavy atom. The lowest BCUT2D eigenvalue weighted by Crippen LogP contribution is -2.51. The third kappa shape index (κ3) is 4.03. The molecule has 0 spiro atoms. The van der Waals surface area contributed by atoms with Crippen LogP contribution in [0.4, 0.5) is 0 Å². The molecule has 1 saturated heterocycles. The fourth-order valence-electron chi connectivity index (χ4n) is 2.45. The van der Waals surface area contributed by atoms with Crippen molar-refractivity contribution in [3.05, 3.63) is 34.3 Å². The Kier molecular flexibility index (Phi) is 5.36. The van der Waals surface area contributed by atoms with E-state index in [9.17, 15) is 9.90 Å². The average molecular weight is 327 g/mol. The lowest BCUT2D eigenvalue weighted by Gasteiger charge is -2.32. The number of piperazine rings is 1. The lowest BCUT2D eigenvalue weighted by atomic mass is 10.0. The van der Waals surface area contributed by atoms with Crippen molar-refractivity contribution in [3.8, 4) is 0 Å². The first-order valence-electron chi connectivity index (χ1n) is 6.59. The van der Waals surface area contributed by atoms with E-state index < -0.39 is 5.97 Å². The second kappa shape index (κ2) is 7.03. The molecule has 0 aromatic heterocycles. The van der Waals surface area contributed by atoms with Gasteiger partial charge in [-0.15, -0.1) is 0 Å². The van der Waals surface area contributed by atoms with Crippen LogP contribution in [0.15, 0.2) is 28.7 Å². The molecule has 104 valence electrons. The topological polar surface area (TPSA) is 52.6 Å². The van der Waals surface area contributed by atoms with Crippen molar-refractivity contribution >= 4 is 21.9 Å². The van der Waals surface area contributed by atoms with Crippen molar-refractivity contribution in [1.29, 1.82) is 0 Å². The Morgan fingerprint density at radius 2 is 2.05 bits per heavy atom. The number of hydrogen-bond donors (Lipinski definition) is 2. The zero-order chi connectivity index (χ0) is 13.7. The Morgan fingerprint density at radius 1 is 1.37 bits per heavy atom. The van der Waals surface area contributed by atoms with Gasteiger partial charge in [0.2, 0.25) is 0 Å². The molecular weight excluding hydrogens is 308 g/mol. The standard InChI is InChI=1S/C14H19BrN2O2/c15-12-4-2-1-3-11(12)5-6-13(14(18)19)17-9-7-16-8-10-17/h1-4,13,16H,5-10H2,(H,18,19). The number of nitrogens with zero attached hydrogens (tertiary/aromatic N) is 1. The molecule has 0 aliphatic carbocycles. The van der Waals surface area contributed by atoms with Gasteiger partial charge in [0.1, 0.15) is 6.04 Å². The number of nitrogens with one attached hydrogen (secondary N) is 1. The minimum atomic E-state index is -0.714. The van der Waals surface area contributed by atoms with Gasteiger partial charge in [-0.05, 0) is 24.5 Å². The van der Waals surface area contributed by atoms with Crippen molar-refractivity contribution in [2.24, 2.45) is 0 Å². The molecule has 5 heteroatoms.